The molecule has 1 aromatic heterocycles. The molecule has 2 fully saturated rings. The first kappa shape index (κ1) is 30.4. The first-order valence-electron chi connectivity index (χ1n) is 14.8. The maximum atomic E-state index is 13.7. The van der Waals surface area contributed by atoms with E-state index in [-0.39, 0.29) is 40.1 Å². The number of Topliss-reactive ketones (excluding diaryl/α,β-unsaturated/α-hetero) is 1. The molecule has 226 valence electrons. The summed E-state index contributed by atoms with van der Waals surface area (Å²) in [6.07, 6.45) is 6.15. The number of carbonyl (C=O) groups is 2. The molecule has 4 atom stereocenters. The standard InChI is InChI=1S/C32H39ClN8O2/c33-28-30(35)39-29(34)27(38-28)31(43)40-32(36)37-15-7-12-26(42)25(16-20-8-3-1-4-9-20)22-17-23-13-14-24(18-22)41(23)19-21-10-5-2-6-11-21/h1-6,8-11,22-25H,7,12-19H2,(H4,34,35,39)(H3,36,37,40,43)/t22?,23-,24?,25?/m0/s1. The van der Waals surface area contributed by atoms with Crippen molar-refractivity contribution in [3.05, 3.63) is 82.6 Å². The Hall–Kier alpha value is -4.02. The van der Waals surface area contributed by atoms with E-state index in [4.69, 9.17) is 28.8 Å². The number of aromatic nitrogens is 2. The third kappa shape index (κ3) is 7.69. The Kier molecular flexibility index (Phi) is 9.89. The van der Waals surface area contributed by atoms with Gasteiger partial charge in [-0.1, -0.05) is 72.3 Å². The highest BCUT2D eigenvalue weighted by atomic mass is 35.5. The number of benzene rings is 2. The minimum absolute atomic E-state index is 0.0396. The number of guanidine groups is 1. The fourth-order valence-electron chi connectivity index (χ4n) is 6.57. The number of nitrogen functional groups attached to an aromatic ring is 2. The van der Waals surface area contributed by atoms with Gasteiger partial charge in [0.2, 0.25) is 0 Å². The SMILES string of the molecule is NC(=NCCCC(=O)C(Cc1ccccc1)C1CC2CC[C@@H](C1)N2Cc1ccccc1)NC(=O)c1nc(Cl)c(N)nc1N. The molecule has 1 amide bonds. The minimum atomic E-state index is -0.694. The summed E-state index contributed by atoms with van der Waals surface area (Å²) in [6.45, 7) is 1.26. The van der Waals surface area contributed by atoms with Gasteiger partial charge in [-0.15, -0.1) is 0 Å². The number of nitrogens with zero attached hydrogens (tertiary/aromatic N) is 4. The van der Waals surface area contributed by atoms with Gasteiger partial charge in [-0.25, -0.2) is 9.97 Å². The van der Waals surface area contributed by atoms with Gasteiger partial charge >= 0.3 is 0 Å². The molecule has 43 heavy (non-hydrogen) atoms. The molecular formula is C32H39ClN8O2. The molecular weight excluding hydrogens is 564 g/mol. The molecule has 10 nitrogen and oxygen atoms in total. The fraction of sp³-hybridized carbons (Fsp3) is 0.406. The largest absolute Gasteiger partial charge is 0.382 e. The summed E-state index contributed by atoms with van der Waals surface area (Å²) in [5.74, 6) is -0.456. The number of aliphatic imine (C=N–C) groups is 1. The quantitative estimate of drug-likeness (QED) is 0.145. The van der Waals surface area contributed by atoms with Crippen LogP contribution in [0.2, 0.25) is 5.15 Å². The van der Waals surface area contributed by atoms with Gasteiger partial charge in [0.25, 0.3) is 5.91 Å². The van der Waals surface area contributed by atoms with Crippen molar-refractivity contribution in [1.29, 1.82) is 0 Å². The molecule has 3 unspecified atom stereocenters. The Bertz CT molecular complexity index is 1440. The molecule has 2 bridgehead atoms. The molecule has 2 aliphatic rings. The van der Waals surface area contributed by atoms with Crippen molar-refractivity contribution in [2.75, 3.05) is 18.0 Å². The second kappa shape index (κ2) is 14.0. The molecule has 2 saturated heterocycles. The van der Waals surface area contributed by atoms with Crippen LogP contribution in [0.1, 0.15) is 60.1 Å². The van der Waals surface area contributed by atoms with E-state index in [1.54, 1.807) is 0 Å². The maximum absolute atomic E-state index is 13.7. The van der Waals surface area contributed by atoms with Crippen LogP contribution in [0.3, 0.4) is 0 Å². The normalized spacial score (nSPS) is 21.0. The lowest BCUT2D eigenvalue weighted by molar-refractivity contribution is -0.125. The van der Waals surface area contributed by atoms with Crippen LogP contribution in [-0.2, 0) is 17.8 Å². The second-order valence-electron chi connectivity index (χ2n) is 11.5. The van der Waals surface area contributed by atoms with Crippen molar-refractivity contribution in [3.63, 3.8) is 0 Å². The molecule has 5 rings (SSSR count). The molecule has 0 spiro atoms. The van der Waals surface area contributed by atoms with Crippen LogP contribution >= 0.6 is 11.6 Å². The van der Waals surface area contributed by atoms with Crippen molar-refractivity contribution >= 4 is 40.9 Å². The van der Waals surface area contributed by atoms with Crippen molar-refractivity contribution in [2.45, 2.75) is 63.6 Å². The molecule has 2 aliphatic heterocycles. The van der Waals surface area contributed by atoms with Crippen molar-refractivity contribution in [3.8, 4) is 0 Å². The molecule has 7 N–H and O–H groups in total. The number of nitrogens with one attached hydrogen (secondary N) is 1. The summed E-state index contributed by atoms with van der Waals surface area (Å²) in [5, 5.41) is 2.30. The van der Waals surface area contributed by atoms with Crippen molar-refractivity contribution in [2.24, 2.45) is 22.6 Å². The van der Waals surface area contributed by atoms with Gasteiger partial charge in [0.05, 0.1) is 0 Å². The van der Waals surface area contributed by atoms with E-state index in [1.807, 2.05) is 18.2 Å². The third-order valence-electron chi connectivity index (χ3n) is 8.63. The number of hydrogen-bond donors (Lipinski definition) is 4. The number of halogens is 1. The zero-order valence-corrected chi connectivity index (χ0v) is 24.9. The van der Waals surface area contributed by atoms with Gasteiger partial charge in [-0.2, -0.15) is 0 Å². The van der Waals surface area contributed by atoms with Gasteiger partial charge in [-0.05, 0) is 55.6 Å². The highest BCUT2D eigenvalue weighted by molar-refractivity contribution is 6.31. The predicted octanol–water partition coefficient (Wildman–Crippen LogP) is 3.99. The number of anilines is 2. The number of piperidine rings is 1. The summed E-state index contributed by atoms with van der Waals surface area (Å²) in [6, 6.07) is 22.0. The average Bonchev–Trinajstić information content (AvgIpc) is 3.22. The Balaban J connectivity index is 1.18. The van der Waals surface area contributed by atoms with Crippen molar-refractivity contribution in [1.82, 2.24) is 20.2 Å². The third-order valence-corrected chi connectivity index (χ3v) is 8.91. The van der Waals surface area contributed by atoms with Crippen LogP contribution in [-0.4, -0.2) is 51.1 Å². The van der Waals surface area contributed by atoms with Crippen LogP contribution < -0.4 is 22.5 Å². The lowest BCUT2D eigenvalue weighted by atomic mass is 9.75. The maximum Gasteiger partial charge on any atom is 0.280 e. The second-order valence-corrected chi connectivity index (χ2v) is 11.9. The molecule has 0 radical (unpaired) electrons. The first-order valence-corrected chi connectivity index (χ1v) is 15.2. The van der Waals surface area contributed by atoms with Crippen LogP contribution in [0.5, 0.6) is 0 Å². The summed E-state index contributed by atoms with van der Waals surface area (Å²) in [7, 11) is 0. The van der Waals surface area contributed by atoms with E-state index in [0.717, 1.165) is 25.8 Å². The summed E-state index contributed by atoms with van der Waals surface area (Å²) >= 11 is 5.86. The number of ketones is 1. The Labute approximate surface area is 257 Å². The molecule has 0 saturated carbocycles. The Morgan fingerprint density at radius 1 is 0.953 bits per heavy atom. The highest BCUT2D eigenvalue weighted by Gasteiger charge is 2.44. The smallest absolute Gasteiger partial charge is 0.280 e. The Morgan fingerprint density at radius 2 is 1.58 bits per heavy atom. The van der Waals surface area contributed by atoms with E-state index in [9.17, 15) is 9.59 Å². The lowest BCUT2D eigenvalue weighted by Gasteiger charge is -2.41. The predicted molar refractivity (Wildman–Crippen MR) is 169 cm³/mol. The Morgan fingerprint density at radius 3 is 2.23 bits per heavy atom. The first-order chi connectivity index (χ1) is 20.8. The highest BCUT2D eigenvalue weighted by Crippen LogP contribution is 2.43. The van der Waals surface area contributed by atoms with Crippen molar-refractivity contribution < 1.29 is 9.59 Å². The minimum Gasteiger partial charge on any atom is -0.382 e. The number of fused-ring (bicyclic) bond motifs is 2. The molecule has 2 aromatic carbocycles. The molecule has 3 heterocycles. The number of amides is 1. The van der Waals surface area contributed by atoms with Gasteiger partial charge < -0.3 is 17.2 Å². The molecule has 3 aromatic rings. The molecule has 0 aliphatic carbocycles. The van der Waals surface area contributed by atoms with Gasteiger partial charge in [-0.3, -0.25) is 24.8 Å². The van der Waals surface area contributed by atoms with E-state index in [2.05, 4.69) is 67.6 Å². The van der Waals surface area contributed by atoms with E-state index >= 15 is 0 Å². The topological polar surface area (TPSA) is 166 Å². The summed E-state index contributed by atoms with van der Waals surface area (Å²) < 4.78 is 0. The fourth-order valence-corrected chi connectivity index (χ4v) is 6.70. The van der Waals surface area contributed by atoms with Crippen LogP contribution in [0, 0.1) is 11.8 Å². The lowest BCUT2D eigenvalue weighted by Crippen LogP contribution is -2.45. The van der Waals surface area contributed by atoms with E-state index < -0.39 is 5.91 Å². The number of rotatable bonds is 11. The number of carbonyl (C=O) groups excluding carboxylic acids is 2. The number of nitrogens with two attached hydrogens (primary N) is 3. The zero-order chi connectivity index (χ0) is 30.3. The zero-order valence-electron chi connectivity index (χ0n) is 24.2. The van der Waals surface area contributed by atoms with Crippen LogP contribution in [0.25, 0.3) is 0 Å². The summed E-state index contributed by atoms with van der Waals surface area (Å²) in [4.78, 5) is 40.8. The molecule has 11 heteroatoms. The monoisotopic (exact) mass is 602 g/mol. The van der Waals surface area contributed by atoms with Crippen LogP contribution in [0.15, 0.2) is 65.7 Å². The van der Waals surface area contributed by atoms with E-state index in [1.165, 1.54) is 24.0 Å². The number of hydrogen-bond acceptors (Lipinski definition) is 8. The van der Waals surface area contributed by atoms with Gasteiger partial charge in [0, 0.05) is 37.5 Å². The van der Waals surface area contributed by atoms with Gasteiger partial charge in [0.15, 0.2) is 28.4 Å². The van der Waals surface area contributed by atoms with Crippen LogP contribution in [0.4, 0.5) is 11.6 Å². The van der Waals surface area contributed by atoms with Gasteiger partial charge in [0.1, 0.15) is 5.78 Å². The summed E-state index contributed by atoms with van der Waals surface area (Å²) in [5.41, 5.74) is 19.6. The van der Waals surface area contributed by atoms with E-state index in [0.29, 0.717) is 37.4 Å². The average molecular weight is 603 g/mol.